The average Bonchev–Trinajstić information content (AvgIpc) is 2.84. The number of benzene rings is 1. The summed E-state index contributed by atoms with van der Waals surface area (Å²) in [4.78, 5) is 20.4. The fourth-order valence-electron chi connectivity index (χ4n) is 1.52. The molecule has 8 heteroatoms. The van der Waals surface area contributed by atoms with Crippen molar-refractivity contribution < 1.29 is 28.4 Å². The molecule has 0 radical (unpaired) electrons. The number of nitrogens with zero attached hydrogens (tertiary/aromatic N) is 1. The summed E-state index contributed by atoms with van der Waals surface area (Å²) >= 11 is 0. The van der Waals surface area contributed by atoms with Crippen LogP contribution in [0.5, 0.6) is 5.75 Å². The Morgan fingerprint density at radius 2 is 2.20 bits per heavy atom. The number of rotatable bonds is 5. The first-order valence-electron chi connectivity index (χ1n) is 5.35. The van der Waals surface area contributed by atoms with Crippen molar-refractivity contribution in [2.75, 3.05) is 0 Å². The van der Waals surface area contributed by atoms with Crippen molar-refractivity contribution in [3.63, 3.8) is 0 Å². The molecule has 2 aromatic rings. The molecule has 20 heavy (non-hydrogen) atoms. The summed E-state index contributed by atoms with van der Waals surface area (Å²) in [6, 6.07) is 4.29. The number of carboxylic acids is 1. The number of hydrogen-bond donors (Lipinski definition) is 1. The van der Waals surface area contributed by atoms with Crippen LogP contribution in [-0.4, -0.2) is 16.0 Å². The van der Waals surface area contributed by atoms with Crippen molar-refractivity contribution in [3.05, 3.63) is 57.8 Å². The largest absolute Gasteiger partial charge is 0.486 e. The zero-order valence-electron chi connectivity index (χ0n) is 9.91. The van der Waals surface area contributed by atoms with Crippen LogP contribution >= 0.6 is 0 Å². The molecule has 0 amide bonds. The van der Waals surface area contributed by atoms with Crippen LogP contribution in [0.25, 0.3) is 0 Å². The van der Waals surface area contributed by atoms with E-state index in [0.717, 1.165) is 12.1 Å². The Labute approximate surface area is 111 Å². The molecule has 104 valence electrons. The van der Waals surface area contributed by atoms with E-state index in [0.29, 0.717) is 0 Å². The van der Waals surface area contributed by atoms with Gasteiger partial charge in [-0.25, -0.2) is 4.79 Å². The summed E-state index contributed by atoms with van der Waals surface area (Å²) in [5, 5.41) is 19.3. The first-order valence-corrected chi connectivity index (χ1v) is 5.35. The van der Waals surface area contributed by atoms with E-state index in [-0.39, 0.29) is 23.7 Å². The fourth-order valence-corrected chi connectivity index (χ4v) is 1.52. The summed E-state index contributed by atoms with van der Waals surface area (Å²) < 4.78 is 23.4. The van der Waals surface area contributed by atoms with E-state index in [1.54, 1.807) is 0 Å². The highest BCUT2D eigenvalue weighted by Crippen LogP contribution is 2.23. The van der Waals surface area contributed by atoms with Crippen LogP contribution in [0.4, 0.5) is 10.1 Å². The smallest absolute Gasteiger partial charge is 0.339 e. The molecule has 1 aromatic heterocycles. The number of halogens is 1. The Balaban J connectivity index is 2.11. The summed E-state index contributed by atoms with van der Waals surface area (Å²) in [5.41, 5.74) is -0.728. The van der Waals surface area contributed by atoms with Gasteiger partial charge >= 0.3 is 11.7 Å². The second-order valence-corrected chi connectivity index (χ2v) is 3.72. The van der Waals surface area contributed by atoms with Gasteiger partial charge in [0.2, 0.25) is 5.82 Å². The van der Waals surface area contributed by atoms with Gasteiger partial charge in [-0.15, -0.1) is 0 Å². The van der Waals surface area contributed by atoms with Gasteiger partial charge in [0.05, 0.1) is 11.2 Å². The number of nitro benzene ring substituents is 1. The lowest BCUT2D eigenvalue weighted by molar-refractivity contribution is -0.387. The topological polar surface area (TPSA) is 103 Å². The minimum atomic E-state index is -1.17. The number of hydrogen-bond acceptors (Lipinski definition) is 5. The van der Waals surface area contributed by atoms with E-state index < -0.39 is 22.4 Å². The number of nitro groups is 1. The minimum Gasteiger partial charge on any atom is -0.486 e. The zero-order chi connectivity index (χ0) is 14.7. The van der Waals surface area contributed by atoms with Gasteiger partial charge < -0.3 is 14.3 Å². The highest BCUT2D eigenvalue weighted by molar-refractivity contribution is 5.88. The molecular weight excluding hydrogens is 273 g/mol. The summed E-state index contributed by atoms with van der Waals surface area (Å²) in [6.45, 7) is -0.230. The second kappa shape index (κ2) is 5.39. The standard InChI is InChI=1S/C12H8FNO6/c13-9-5-7(1-2-10(9)14(17)18)20-6-11-8(12(15)16)3-4-19-11/h1-5H,6H2,(H,15,16). The molecule has 2 rings (SSSR count). The molecule has 1 heterocycles. The lowest BCUT2D eigenvalue weighted by atomic mass is 10.2. The Kier molecular flexibility index (Phi) is 3.65. The van der Waals surface area contributed by atoms with E-state index in [9.17, 15) is 19.3 Å². The van der Waals surface area contributed by atoms with Crippen LogP contribution in [0.15, 0.2) is 34.9 Å². The van der Waals surface area contributed by atoms with Gasteiger partial charge in [-0.3, -0.25) is 10.1 Å². The molecule has 1 N–H and O–H groups in total. The van der Waals surface area contributed by atoms with E-state index in [1.165, 1.54) is 18.4 Å². The minimum absolute atomic E-state index is 0.0286. The van der Waals surface area contributed by atoms with Gasteiger partial charge in [0, 0.05) is 12.1 Å². The van der Waals surface area contributed by atoms with Crippen LogP contribution in [0.2, 0.25) is 0 Å². The van der Waals surface area contributed by atoms with Crippen LogP contribution in [0.3, 0.4) is 0 Å². The SMILES string of the molecule is O=C(O)c1ccoc1COc1ccc([N+](=O)[O-])c(F)c1. The number of aromatic carboxylic acids is 1. The zero-order valence-corrected chi connectivity index (χ0v) is 9.91. The maximum Gasteiger partial charge on any atom is 0.339 e. The molecule has 0 aliphatic heterocycles. The van der Waals surface area contributed by atoms with Gasteiger partial charge in [-0.2, -0.15) is 4.39 Å². The third-order valence-corrected chi connectivity index (χ3v) is 2.46. The predicted molar refractivity (Wildman–Crippen MR) is 63.1 cm³/mol. The van der Waals surface area contributed by atoms with Crippen molar-refractivity contribution in [1.29, 1.82) is 0 Å². The molecule has 0 aliphatic rings. The second-order valence-electron chi connectivity index (χ2n) is 3.72. The summed E-state index contributed by atoms with van der Waals surface area (Å²) in [7, 11) is 0. The number of ether oxygens (including phenoxy) is 1. The van der Waals surface area contributed by atoms with Crippen molar-refractivity contribution >= 4 is 11.7 Å². The maximum absolute atomic E-state index is 13.3. The highest BCUT2D eigenvalue weighted by atomic mass is 19.1. The summed E-state index contributed by atoms with van der Waals surface area (Å²) in [5.74, 6) is -2.12. The van der Waals surface area contributed by atoms with Gasteiger partial charge in [-0.1, -0.05) is 0 Å². The van der Waals surface area contributed by atoms with Gasteiger partial charge in [-0.05, 0) is 12.1 Å². The molecule has 7 nitrogen and oxygen atoms in total. The van der Waals surface area contributed by atoms with Crippen molar-refractivity contribution in [2.24, 2.45) is 0 Å². The Morgan fingerprint density at radius 3 is 2.80 bits per heavy atom. The van der Waals surface area contributed by atoms with Gasteiger partial charge in [0.1, 0.15) is 17.9 Å². The normalized spacial score (nSPS) is 10.2. The fraction of sp³-hybridized carbons (Fsp3) is 0.0833. The molecular formula is C12H8FNO6. The lowest BCUT2D eigenvalue weighted by Crippen LogP contribution is -2.03. The first-order chi connectivity index (χ1) is 9.49. The van der Waals surface area contributed by atoms with E-state index in [4.69, 9.17) is 14.3 Å². The molecule has 0 atom stereocenters. The van der Waals surface area contributed by atoms with E-state index >= 15 is 0 Å². The average molecular weight is 281 g/mol. The molecule has 0 saturated carbocycles. The Morgan fingerprint density at radius 1 is 1.45 bits per heavy atom. The molecule has 0 aliphatic carbocycles. The first kappa shape index (κ1) is 13.5. The predicted octanol–water partition coefficient (Wildman–Crippen LogP) is 2.60. The third kappa shape index (κ3) is 2.74. The Hall–Kier alpha value is -2.90. The molecule has 0 bridgehead atoms. The lowest BCUT2D eigenvalue weighted by Gasteiger charge is -2.05. The van der Waals surface area contributed by atoms with Gasteiger partial charge in [0.15, 0.2) is 5.76 Å². The van der Waals surface area contributed by atoms with Gasteiger partial charge in [0.25, 0.3) is 0 Å². The van der Waals surface area contributed by atoms with Crippen LogP contribution in [0.1, 0.15) is 16.1 Å². The number of carboxylic acid groups (broad SMARTS) is 1. The summed E-state index contributed by atoms with van der Waals surface area (Å²) in [6.07, 6.45) is 1.19. The van der Waals surface area contributed by atoms with Crippen LogP contribution in [0, 0.1) is 15.9 Å². The molecule has 0 unspecified atom stereocenters. The van der Waals surface area contributed by atoms with E-state index in [2.05, 4.69) is 0 Å². The number of carbonyl (C=O) groups is 1. The third-order valence-electron chi connectivity index (χ3n) is 2.46. The van der Waals surface area contributed by atoms with Crippen molar-refractivity contribution in [3.8, 4) is 5.75 Å². The molecule has 0 fully saturated rings. The maximum atomic E-state index is 13.3. The van der Waals surface area contributed by atoms with Crippen molar-refractivity contribution in [1.82, 2.24) is 0 Å². The van der Waals surface area contributed by atoms with Crippen molar-refractivity contribution in [2.45, 2.75) is 6.61 Å². The molecule has 0 spiro atoms. The molecule has 1 aromatic carbocycles. The number of furan rings is 1. The van der Waals surface area contributed by atoms with Crippen LogP contribution < -0.4 is 4.74 Å². The quantitative estimate of drug-likeness (QED) is 0.667. The highest BCUT2D eigenvalue weighted by Gasteiger charge is 2.16. The van der Waals surface area contributed by atoms with Crippen LogP contribution in [-0.2, 0) is 6.61 Å². The van der Waals surface area contributed by atoms with E-state index in [1.807, 2.05) is 0 Å². The molecule has 0 saturated heterocycles. The Bertz CT molecular complexity index is 666. The monoisotopic (exact) mass is 281 g/mol.